The van der Waals surface area contributed by atoms with Crippen molar-refractivity contribution in [3.05, 3.63) is 35.9 Å². The zero-order valence-electron chi connectivity index (χ0n) is 17.8. The number of hydrogen-bond donors (Lipinski definition) is 0. The van der Waals surface area contributed by atoms with Crippen molar-refractivity contribution >= 4 is 17.6 Å². The summed E-state index contributed by atoms with van der Waals surface area (Å²) in [6.45, 7) is 5.20. The third-order valence-electron chi connectivity index (χ3n) is 6.56. The number of benzene rings is 1. The topological polar surface area (TPSA) is 57.7 Å². The molecule has 0 spiro atoms. The molecule has 2 atom stereocenters. The first-order valence-corrected chi connectivity index (χ1v) is 11.3. The van der Waals surface area contributed by atoms with Crippen molar-refractivity contribution in [2.45, 2.75) is 77.3 Å². The number of nitrogens with zero attached hydrogens (tertiary/aromatic N) is 2. The van der Waals surface area contributed by atoms with E-state index in [2.05, 4.69) is 24.3 Å². The van der Waals surface area contributed by atoms with Gasteiger partial charge in [0.05, 0.1) is 6.04 Å². The standard InChI is InChI=1S/C24H34N2O3/c1-3-19(4-2)22(27)24(29)26-20-14-10-15-21(26)23(28)25(17-20)16-9-8-13-18-11-6-5-7-12-18/h5-7,11-12,19-21H,3-4,8-10,13-17H2,1-2H3. The quantitative estimate of drug-likeness (QED) is 0.472. The van der Waals surface area contributed by atoms with Gasteiger partial charge in [-0.15, -0.1) is 0 Å². The van der Waals surface area contributed by atoms with E-state index in [0.717, 1.165) is 38.6 Å². The van der Waals surface area contributed by atoms with Gasteiger partial charge in [-0.2, -0.15) is 0 Å². The lowest BCUT2D eigenvalue weighted by Crippen LogP contribution is -2.66. The summed E-state index contributed by atoms with van der Waals surface area (Å²) in [5, 5.41) is 0. The molecule has 0 aromatic heterocycles. The first-order chi connectivity index (χ1) is 14.1. The molecule has 5 nitrogen and oxygen atoms in total. The third kappa shape index (κ3) is 4.88. The molecule has 2 unspecified atom stereocenters. The molecule has 2 bridgehead atoms. The van der Waals surface area contributed by atoms with Crippen molar-refractivity contribution in [1.29, 1.82) is 0 Å². The number of rotatable bonds is 9. The van der Waals surface area contributed by atoms with Crippen molar-refractivity contribution in [3.8, 4) is 0 Å². The van der Waals surface area contributed by atoms with E-state index in [9.17, 15) is 14.4 Å². The van der Waals surface area contributed by atoms with Crippen LogP contribution in [-0.2, 0) is 20.8 Å². The van der Waals surface area contributed by atoms with Crippen molar-refractivity contribution in [2.75, 3.05) is 13.1 Å². The molecule has 2 heterocycles. The summed E-state index contributed by atoms with van der Waals surface area (Å²) in [4.78, 5) is 42.2. The van der Waals surface area contributed by atoms with Gasteiger partial charge in [-0.05, 0) is 56.9 Å². The minimum atomic E-state index is -0.442. The van der Waals surface area contributed by atoms with Gasteiger partial charge in [-0.25, -0.2) is 0 Å². The molecule has 0 radical (unpaired) electrons. The number of carbonyl (C=O) groups is 3. The van der Waals surface area contributed by atoms with Crippen LogP contribution in [-0.4, -0.2) is 52.6 Å². The molecule has 2 aliphatic heterocycles. The van der Waals surface area contributed by atoms with Crippen LogP contribution in [0.1, 0.15) is 64.4 Å². The van der Waals surface area contributed by atoms with E-state index >= 15 is 0 Å². The molecule has 2 aliphatic rings. The minimum absolute atomic E-state index is 0.00798. The van der Waals surface area contributed by atoms with E-state index in [-0.39, 0.29) is 23.7 Å². The Bertz CT molecular complexity index is 714. The van der Waals surface area contributed by atoms with E-state index in [1.807, 2.05) is 24.8 Å². The number of likely N-dealkylation sites (tertiary alicyclic amines) is 1. The van der Waals surface area contributed by atoms with Crippen molar-refractivity contribution < 1.29 is 14.4 Å². The van der Waals surface area contributed by atoms with E-state index in [1.165, 1.54) is 5.56 Å². The number of amides is 2. The molecule has 158 valence electrons. The van der Waals surface area contributed by atoms with E-state index < -0.39 is 11.9 Å². The van der Waals surface area contributed by atoms with Crippen LogP contribution in [0.25, 0.3) is 0 Å². The minimum Gasteiger partial charge on any atom is -0.339 e. The van der Waals surface area contributed by atoms with Crippen LogP contribution < -0.4 is 0 Å². The van der Waals surface area contributed by atoms with Gasteiger partial charge in [0.1, 0.15) is 6.04 Å². The van der Waals surface area contributed by atoms with Crippen molar-refractivity contribution in [3.63, 3.8) is 0 Å². The van der Waals surface area contributed by atoms with Gasteiger partial charge < -0.3 is 9.80 Å². The lowest BCUT2D eigenvalue weighted by atomic mass is 9.88. The normalized spacial score (nSPS) is 21.6. The van der Waals surface area contributed by atoms with E-state index in [0.29, 0.717) is 25.8 Å². The van der Waals surface area contributed by atoms with Gasteiger partial charge in [0.2, 0.25) is 11.7 Å². The average molecular weight is 399 g/mol. The maximum absolute atomic E-state index is 13.1. The smallest absolute Gasteiger partial charge is 0.291 e. The van der Waals surface area contributed by atoms with Crippen LogP contribution in [0.2, 0.25) is 0 Å². The van der Waals surface area contributed by atoms with E-state index in [4.69, 9.17) is 0 Å². The lowest BCUT2D eigenvalue weighted by Gasteiger charge is -2.49. The Morgan fingerprint density at radius 1 is 1.07 bits per heavy atom. The predicted octanol–water partition coefficient (Wildman–Crippen LogP) is 3.61. The van der Waals surface area contributed by atoms with Crippen molar-refractivity contribution in [1.82, 2.24) is 9.80 Å². The Kier molecular flexibility index (Phi) is 7.45. The highest BCUT2D eigenvalue weighted by atomic mass is 16.2. The largest absolute Gasteiger partial charge is 0.339 e. The molecule has 1 aromatic carbocycles. The first kappa shape index (κ1) is 21.5. The first-order valence-electron chi connectivity index (χ1n) is 11.3. The molecule has 5 heteroatoms. The number of fused-ring (bicyclic) bond motifs is 2. The number of piperazine rings is 1. The molecule has 2 fully saturated rings. The summed E-state index contributed by atoms with van der Waals surface area (Å²) < 4.78 is 0. The number of ketones is 1. The Morgan fingerprint density at radius 2 is 1.79 bits per heavy atom. The van der Waals surface area contributed by atoms with Gasteiger partial charge in [0.15, 0.2) is 0 Å². The fourth-order valence-corrected chi connectivity index (χ4v) is 4.80. The molecular formula is C24H34N2O3. The fraction of sp³-hybridized carbons (Fsp3) is 0.625. The monoisotopic (exact) mass is 398 g/mol. The molecule has 2 amide bonds. The molecule has 29 heavy (non-hydrogen) atoms. The number of piperidine rings is 1. The Hall–Kier alpha value is -2.17. The predicted molar refractivity (Wildman–Crippen MR) is 113 cm³/mol. The Labute approximate surface area is 174 Å². The van der Waals surface area contributed by atoms with Crippen LogP contribution in [0.3, 0.4) is 0 Å². The third-order valence-corrected chi connectivity index (χ3v) is 6.56. The summed E-state index contributed by atoms with van der Waals surface area (Å²) >= 11 is 0. The number of Topliss-reactive ketones (excluding diaryl/α,β-unsaturated/α-hetero) is 1. The van der Waals surface area contributed by atoms with Gasteiger partial charge in [-0.3, -0.25) is 14.4 Å². The number of hydrogen-bond acceptors (Lipinski definition) is 3. The van der Waals surface area contributed by atoms with Crippen LogP contribution in [0.5, 0.6) is 0 Å². The average Bonchev–Trinajstić information content (AvgIpc) is 2.75. The van der Waals surface area contributed by atoms with Gasteiger partial charge in [-0.1, -0.05) is 44.2 Å². The van der Waals surface area contributed by atoms with Gasteiger partial charge in [0.25, 0.3) is 5.91 Å². The molecule has 3 rings (SSSR count). The summed E-state index contributed by atoms with van der Waals surface area (Å²) in [5.74, 6) is -0.929. The van der Waals surface area contributed by atoms with E-state index in [1.54, 1.807) is 4.90 Å². The molecule has 2 saturated heterocycles. The second kappa shape index (κ2) is 10.0. The maximum atomic E-state index is 13.1. The molecule has 0 aliphatic carbocycles. The SMILES string of the molecule is CCC(CC)C(=O)C(=O)N1C2CCCC1C(=O)N(CCCCc1ccccc1)C2. The number of aryl methyl sites for hydroxylation is 1. The molecule has 1 aromatic rings. The zero-order chi connectivity index (χ0) is 20.8. The highest BCUT2D eigenvalue weighted by Gasteiger charge is 2.47. The van der Waals surface area contributed by atoms with Gasteiger partial charge in [0, 0.05) is 19.0 Å². The number of unbranched alkanes of at least 4 members (excludes halogenated alkanes) is 1. The van der Waals surface area contributed by atoms with Crippen LogP contribution in [0, 0.1) is 5.92 Å². The van der Waals surface area contributed by atoms with Crippen LogP contribution >= 0.6 is 0 Å². The fourth-order valence-electron chi connectivity index (χ4n) is 4.80. The summed E-state index contributed by atoms with van der Waals surface area (Å²) in [6, 6.07) is 9.95. The lowest BCUT2D eigenvalue weighted by molar-refractivity contribution is -0.163. The van der Waals surface area contributed by atoms with Crippen LogP contribution in [0.4, 0.5) is 0 Å². The highest BCUT2D eigenvalue weighted by Crippen LogP contribution is 2.31. The molecule has 0 saturated carbocycles. The zero-order valence-corrected chi connectivity index (χ0v) is 17.8. The Balaban J connectivity index is 1.58. The summed E-state index contributed by atoms with van der Waals surface area (Å²) in [6.07, 6.45) is 6.87. The molecule has 0 N–H and O–H groups in total. The van der Waals surface area contributed by atoms with Crippen molar-refractivity contribution in [2.24, 2.45) is 5.92 Å². The van der Waals surface area contributed by atoms with Gasteiger partial charge >= 0.3 is 0 Å². The Morgan fingerprint density at radius 3 is 2.48 bits per heavy atom. The highest BCUT2D eigenvalue weighted by molar-refractivity contribution is 6.37. The summed E-state index contributed by atoms with van der Waals surface area (Å²) in [7, 11) is 0. The second-order valence-electron chi connectivity index (χ2n) is 8.42. The second-order valence-corrected chi connectivity index (χ2v) is 8.42. The molecular weight excluding hydrogens is 364 g/mol. The summed E-state index contributed by atoms with van der Waals surface area (Å²) in [5.41, 5.74) is 1.33. The number of carbonyl (C=O) groups excluding carboxylic acids is 3. The van der Waals surface area contributed by atoms with Crippen LogP contribution in [0.15, 0.2) is 30.3 Å². The maximum Gasteiger partial charge on any atom is 0.291 e.